The Hall–Kier alpha value is -1.70. The monoisotopic (exact) mass is 410 g/mol. The Labute approximate surface area is 151 Å². The molecule has 0 unspecified atom stereocenters. The third-order valence-electron chi connectivity index (χ3n) is 3.43. The number of carbonyl (C=O) groups is 1. The highest BCUT2D eigenvalue weighted by molar-refractivity contribution is 9.10. The van der Waals surface area contributed by atoms with Gasteiger partial charge in [0.1, 0.15) is 0 Å². The Bertz CT molecular complexity index is 794. The van der Waals surface area contributed by atoms with Gasteiger partial charge in [-0.1, -0.05) is 58.4 Å². The average Bonchev–Trinajstić information content (AvgIpc) is 2.53. The van der Waals surface area contributed by atoms with Crippen LogP contribution >= 0.6 is 15.9 Å². The highest BCUT2D eigenvalue weighted by Crippen LogP contribution is 2.13. The summed E-state index contributed by atoms with van der Waals surface area (Å²) in [6.45, 7) is 0.203. The van der Waals surface area contributed by atoms with Crippen LogP contribution in [0.25, 0.3) is 0 Å². The Balaban J connectivity index is 1.89. The quantitative estimate of drug-likeness (QED) is 0.762. The first-order valence-electron chi connectivity index (χ1n) is 7.42. The van der Waals surface area contributed by atoms with E-state index in [1.165, 1.54) is 7.05 Å². The summed E-state index contributed by atoms with van der Waals surface area (Å²) in [5.41, 5.74) is 1.82. The molecule has 0 spiro atoms. The fourth-order valence-electron chi connectivity index (χ4n) is 2.15. The van der Waals surface area contributed by atoms with E-state index in [1.807, 2.05) is 54.6 Å². The minimum atomic E-state index is -3.85. The number of nitrogens with zero attached hydrogens (tertiary/aromatic N) is 1. The molecule has 128 valence electrons. The lowest BCUT2D eigenvalue weighted by atomic mass is 10.1. The summed E-state index contributed by atoms with van der Waals surface area (Å²) < 4.78 is 28.6. The fourth-order valence-corrected chi connectivity index (χ4v) is 3.46. The normalized spacial score (nSPS) is 11.5. The van der Waals surface area contributed by atoms with Gasteiger partial charge in [0.2, 0.25) is 5.91 Å². The van der Waals surface area contributed by atoms with Gasteiger partial charge >= 0.3 is 10.2 Å². The second-order valence-electron chi connectivity index (χ2n) is 5.40. The van der Waals surface area contributed by atoms with E-state index in [4.69, 9.17) is 0 Å². The van der Waals surface area contributed by atoms with Crippen LogP contribution in [0.4, 0.5) is 0 Å². The highest BCUT2D eigenvalue weighted by atomic mass is 79.9. The van der Waals surface area contributed by atoms with Crippen molar-refractivity contribution in [2.24, 2.45) is 0 Å². The lowest BCUT2D eigenvalue weighted by Gasteiger charge is -2.17. The number of rotatable bonds is 7. The van der Waals surface area contributed by atoms with Gasteiger partial charge in [0.15, 0.2) is 0 Å². The van der Waals surface area contributed by atoms with Crippen LogP contribution in [-0.4, -0.2) is 25.7 Å². The lowest BCUT2D eigenvalue weighted by molar-refractivity contribution is -0.119. The Morgan fingerprint density at radius 2 is 1.75 bits per heavy atom. The van der Waals surface area contributed by atoms with E-state index >= 15 is 0 Å². The maximum Gasteiger partial charge on any atom is 0.303 e. The SMILES string of the molecule is CN(Cc1ccccc1)S(=O)(=O)NC(=O)CCc1cccc(Br)c1. The predicted octanol–water partition coefficient (Wildman–Crippen LogP) is 2.87. The van der Waals surface area contributed by atoms with Crippen molar-refractivity contribution in [3.8, 4) is 0 Å². The zero-order valence-electron chi connectivity index (χ0n) is 13.3. The minimum Gasteiger partial charge on any atom is -0.274 e. The van der Waals surface area contributed by atoms with Gasteiger partial charge in [0.25, 0.3) is 0 Å². The number of hydrogen-bond acceptors (Lipinski definition) is 3. The molecule has 0 aliphatic heterocycles. The van der Waals surface area contributed by atoms with Gasteiger partial charge in [-0.25, -0.2) is 4.72 Å². The zero-order chi connectivity index (χ0) is 17.6. The van der Waals surface area contributed by atoms with Crippen molar-refractivity contribution in [1.82, 2.24) is 9.03 Å². The standard InChI is InChI=1S/C17H19BrN2O3S/c1-20(13-15-6-3-2-4-7-15)24(22,23)19-17(21)11-10-14-8-5-9-16(18)12-14/h2-9,12H,10-11,13H2,1H3,(H,19,21). The molecule has 24 heavy (non-hydrogen) atoms. The van der Waals surface area contributed by atoms with Crippen LogP contribution in [0.1, 0.15) is 17.5 Å². The largest absolute Gasteiger partial charge is 0.303 e. The molecule has 0 radical (unpaired) electrons. The number of amides is 1. The van der Waals surface area contributed by atoms with Gasteiger partial charge in [-0.3, -0.25) is 4.79 Å². The van der Waals surface area contributed by atoms with Gasteiger partial charge in [-0.05, 0) is 29.7 Å². The molecule has 0 aromatic heterocycles. The van der Waals surface area contributed by atoms with E-state index in [2.05, 4.69) is 20.7 Å². The summed E-state index contributed by atoms with van der Waals surface area (Å²) in [6.07, 6.45) is 0.581. The molecule has 0 bridgehead atoms. The smallest absolute Gasteiger partial charge is 0.274 e. The van der Waals surface area contributed by atoms with Crippen LogP contribution in [0.15, 0.2) is 59.1 Å². The van der Waals surface area contributed by atoms with Crippen molar-refractivity contribution in [3.05, 3.63) is 70.2 Å². The van der Waals surface area contributed by atoms with Crippen molar-refractivity contribution in [3.63, 3.8) is 0 Å². The molecule has 1 N–H and O–H groups in total. The van der Waals surface area contributed by atoms with E-state index in [0.717, 1.165) is 19.9 Å². The van der Waals surface area contributed by atoms with E-state index in [0.29, 0.717) is 6.42 Å². The van der Waals surface area contributed by atoms with E-state index in [-0.39, 0.29) is 13.0 Å². The predicted molar refractivity (Wildman–Crippen MR) is 97.4 cm³/mol. The molecule has 0 heterocycles. The molecular formula is C17H19BrN2O3S. The molecule has 2 rings (SSSR count). The van der Waals surface area contributed by atoms with Crippen molar-refractivity contribution in [2.45, 2.75) is 19.4 Å². The highest BCUT2D eigenvalue weighted by Gasteiger charge is 2.20. The third kappa shape index (κ3) is 5.74. The first kappa shape index (κ1) is 18.6. The summed E-state index contributed by atoms with van der Waals surface area (Å²) >= 11 is 3.37. The van der Waals surface area contributed by atoms with Gasteiger partial charge in [0.05, 0.1) is 0 Å². The van der Waals surface area contributed by atoms with Crippen molar-refractivity contribution in [1.29, 1.82) is 0 Å². The molecule has 2 aromatic carbocycles. The molecule has 0 saturated heterocycles. The zero-order valence-corrected chi connectivity index (χ0v) is 15.7. The molecule has 0 atom stereocenters. The number of carbonyl (C=O) groups excluding carboxylic acids is 1. The molecule has 0 fully saturated rings. The third-order valence-corrected chi connectivity index (χ3v) is 5.36. The number of halogens is 1. The van der Waals surface area contributed by atoms with Crippen molar-refractivity contribution < 1.29 is 13.2 Å². The van der Waals surface area contributed by atoms with Gasteiger partial charge < -0.3 is 0 Å². The summed E-state index contributed by atoms with van der Waals surface area (Å²) in [5.74, 6) is -0.519. The van der Waals surface area contributed by atoms with E-state index in [1.54, 1.807) is 0 Å². The Kier molecular flexibility index (Phi) is 6.53. The molecule has 0 saturated carbocycles. The van der Waals surface area contributed by atoms with E-state index < -0.39 is 16.1 Å². The molecule has 2 aromatic rings. The summed E-state index contributed by atoms with van der Waals surface area (Å²) in [4.78, 5) is 11.9. The van der Waals surface area contributed by atoms with Crippen LogP contribution in [-0.2, 0) is 28.0 Å². The summed E-state index contributed by atoms with van der Waals surface area (Å²) in [7, 11) is -2.40. The van der Waals surface area contributed by atoms with Crippen molar-refractivity contribution >= 4 is 32.0 Å². The lowest BCUT2D eigenvalue weighted by Crippen LogP contribution is -2.41. The molecule has 5 nitrogen and oxygen atoms in total. The topological polar surface area (TPSA) is 66.5 Å². The molecule has 7 heteroatoms. The summed E-state index contributed by atoms with van der Waals surface area (Å²) in [6, 6.07) is 16.8. The number of nitrogens with one attached hydrogen (secondary N) is 1. The molecule has 0 aliphatic rings. The number of aryl methyl sites for hydroxylation is 1. The summed E-state index contributed by atoms with van der Waals surface area (Å²) in [5, 5.41) is 0. The van der Waals surface area contributed by atoms with Gasteiger partial charge in [-0.2, -0.15) is 12.7 Å². The van der Waals surface area contributed by atoms with Crippen LogP contribution in [0.2, 0.25) is 0 Å². The van der Waals surface area contributed by atoms with Gasteiger partial charge in [0, 0.05) is 24.5 Å². The van der Waals surface area contributed by atoms with Crippen molar-refractivity contribution in [2.75, 3.05) is 7.05 Å². The first-order valence-corrected chi connectivity index (χ1v) is 9.65. The van der Waals surface area contributed by atoms with E-state index in [9.17, 15) is 13.2 Å². The number of hydrogen-bond donors (Lipinski definition) is 1. The van der Waals surface area contributed by atoms with Crippen LogP contribution in [0.3, 0.4) is 0 Å². The van der Waals surface area contributed by atoms with Crippen LogP contribution in [0.5, 0.6) is 0 Å². The van der Waals surface area contributed by atoms with Gasteiger partial charge in [-0.15, -0.1) is 0 Å². The Morgan fingerprint density at radius 1 is 1.08 bits per heavy atom. The fraction of sp³-hybridized carbons (Fsp3) is 0.235. The second kappa shape index (κ2) is 8.41. The molecule has 0 aliphatic carbocycles. The average molecular weight is 411 g/mol. The maximum absolute atomic E-state index is 12.2. The van der Waals surface area contributed by atoms with Crippen LogP contribution in [0, 0.1) is 0 Å². The van der Waals surface area contributed by atoms with Crippen LogP contribution < -0.4 is 4.72 Å². The Morgan fingerprint density at radius 3 is 2.42 bits per heavy atom. The minimum absolute atomic E-state index is 0.106. The maximum atomic E-state index is 12.2. The molecular weight excluding hydrogens is 392 g/mol. The number of benzene rings is 2. The first-order chi connectivity index (χ1) is 11.4. The molecule has 1 amide bonds. The second-order valence-corrected chi connectivity index (χ2v) is 8.10.